The standard InChI is InChI=1S/C14H18BrNO2/c1-17-13-11(15)6-10(14(16)4-5-14)7-12(13)18-8-9-2-3-9/h6-7,9H,2-5,8,16H2,1H3. The fraction of sp³-hybridized carbons (Fsp3) is 0.571. The fourth-order valence-electron chi connectivity index (χ4n) is 2.08. The molecule has 0 bridgehead atoms. The molecule has 1 aromatic carbocycles. The number of rotatable bonds is 5. The fourth-order valence-corrected chi connectivity index (χ4v) is 2.68. The third-order valence-corrected chi connectivity index (χ3v) is 4.34. The van der Waals surface area contributed by atoms with E-state index in [0.717, 1.165) is 46.9 Å². The molecule has 4 heteroatoms. The third-order valence-electron chi connectivity index (χ3n) is 3.75. The predicted octanol–water partition coefficient (Wildman–Crippen LogP) is 3.19. The quantitative estimate of drug-likeness (QED) is 0.908. The van der Waals surface area contributed by atoms with Crippen molar-refractivity contribution in [2.75, 3.05) is 13.7 Å². The van der Waals surface area contributed by atoms with Gasteiger partial charge >= 0.3 is 0 Å². The van der Waals surface area contributed by atoms with Crippen LogP contribution in [0, 0.1) is 5.92 Å². The molecule has 2 saturated carbocycles. The van der Waals surface area contributed by atoms with Crippen molar-refractivity contribution in [1.29, 1.82) is 0 Å². The Labute approximate surface area is 116 Å². The van der Waals surface area contributed by atoms with Crippen LogP contribution in [0.15, 0.2) is 16.6 Å². The lowest BCUT2D eigenvalue weighted by molar-refractivity contribution is 0.279. The van der Waals surface area contributed by atoms with Crippen LogP contribution in [-0.4, -0.2) is 13.7 Å². The Morgan fingerprint density at radius 1 is 1.39 bits per heavy atom. The Kier molecular flexibility index (Phi) is 3.02. The second-order valence-corrected chi connectivity index (χ2v) is 6.25. The number of hydrogen-bond donors (Lipinski definition) is 1. The minimum atomic E-state index is -0.146. The number of hydrogen-bond acceptors (Lipinski definition) is 3. The van der Waals surface area contributed by atoms with E-state index in [1.807, 2.05) is 6.07 Å². The zero-order valence-electron chi connectivity index (χ0n) is 10.5. The molecule has 2 fully saturated rings. The summed E-state index contributed by atoms with van der Waals surface area (Å²) in [5.74, 6) is 2.30. The molecule has 0 atom stereocenters. The van der Waals surface area contributed by atoms with Gasteiger partial charge in [-0.15, -0.1) is 0 Å². The van der Waals surface area contributed by atoms with Gasteiger partial charge < -0.3 is 15.2 Å². The van der Waals surface area contributed by atoms with Gasteiger partial charge in [0.25, 0.3) is 0 Å². The van der Waals surface area contributed by atoms with Crippen molar-refractivity contribution in [2.45, 2.75) is 31.2 Å². The van der Waals surface area contributed by atoms with Crippen molar-refractivity contribution >= 4 is 15.9 Å². The van der Waals surface area contributed by atoms with E-state index in [0.29, 0.717) is 0 Å². The molecule has 0 radical (unpaired) electrons. The van der Waals surface area contributed by atoms with E-state index in [-0.39, 0.29) is 5.54 Å². The Hall–Kier alpha value is -0.740. The molecular formula is C14H18BrNO2. The summed E-state index contributed by atoms with van der Waals surface area (Å²) in [6, 6.07) is 4.09. The van der Waals surface area contributed by atoms with Crippen LogP contribution >= 0.6 is 15.9 Å². The van der Waals surface area contributed by atoms with Gasteiger partial charge in [-0.3, -0.25) is 0 Å². The lowest BCUT2D eigenvalue weighted by atomic mass is 10.1. The molecule has 2 aliphatic carbocycles. The summed E-state index contributed by atoms with van der Waals surface area (Å²) in [4.78, 5) is 0. The van der Waals surface area contributed by atoms with E-state index in [1.54, 1.807) is 7.11 Å². The van der Waals surface area contributed by atoms with Crippen LogP contribution in [0.2, 0.25) is 0 Å². The van der Waals surface area contributed by atoms with Gasteiger partial charge in [-0.05, 0) is 65.2 Å². The number of ether oxygens (including phenoxy) is 2. The van der Waals surface area contributed by atoms with Gasteiger partial charge in [0.15, 0.2) is 11.5 Å². The van der Waals surface area contributed by atoms with Crippen LogP contribution < -0.4 is 15.2 Å². The van der Waals surface area contributed by atoms with Crippen molar-refractivity contribution in [3.05, 3.63) is 22.2 Å². The average molecular weight is 312 g/mol. The molecule has 0 aromatic heterocycles. The average Bonchev–Trinajstić information content (AvgIpc) is 3.23. The van der Waals surface area contributed by atoms with Crippen molar-refractivity contribution in [2.24, 2.45) is 11.7 Å². The molecule has 2 aliphatic rings. The molecule has 3 rings (SSSR count). The minimum Gasteiger partial charge on any atom is -0.492 e. The van der Waals surface area contributed by atoms with Gasteiger partial charge in [0.2, 0.25) is 0 Å². The summed E-state index contributed by atoms with van der Waals surface area (Å²) < 4.78 is 12.2. The zero-order valence-corrected chi connectivity index (χ0v) is 12.1. The Bertz CT molecular complexity index is 467. The highest BCUT2D eigenvalue weighted by Gasteiger charge is 2.41. The highest BCUT2D eigenvalue weighted by Crippen LogP contribution is 2.47. The summed E-state index contributed by atoms with van der Waals surface area (Å²) >= 11 is 3.54. The zero-order chi connectivity index (χ0) is 12.8. The first-order valence-corrected chi connectivity index (χ1v) is 7.21. The maximum Gasteiger partial charge on any atom is 0.174 e. The molecule has 98 valence electrons. The Morgan fingerprint density at radius 2 is 2.11 bits per heavy atom. The van der Waals surface area contributed by atoms with Crippen LogP contribution in [0.3, 0.4) is 0 Å². The van der Waals surface area contributed by atoms with Crippen molar-refractivity contribution in [3.8, 4) is 11.5 Å². The maximum atomic E-state index is 6.25. The van der Waals surface area contributed by atoms with Gasteiger partial charge in [0.1, 0.15) is 0 Å². The van der Waals surface area contributed by atoms with Gasteiger partial charge in [-0.1, -0.05) is 0 Å². The van der Waals surface area contributed by atoms with Gasteiger partial charge in [-0.2, -0.15) is 0 Å². The second-order valence-electron chi connectivity index (χ2n) is 5.40. The lowest BCUT2D eigenvalue weighted by Gasteiger charge is -2.16. The molecule has 0 saturated heterocycles. The SMILES string of the molecule is COc1c(Br)cc(C2(N)CC2)cc1OCC1CC1. The third kappa shape index (κ3) is 2.36. The molecule has 0 spiro atoms. The predicted molar refractivity (Wildman–Crippen MR) is 74.0 cm³/mol. The summed E-state index contributed by atoms with van der Waals surface area (Å²) in [5.41, 5.74) is 7.24. The first kappa shape index (κ1) is 12.3. The molecule has 0 unspecified atom stereocenters. The lowest BCUT2D eigenvalue weighted by Crippen LogP contribution is -2.19. The first-order valence-electron chi connectivity index (χ1n) is 6.42. The van der Waals surface area contributed by atoms with Crippen molar-refractivity contribution in [3.63, 3.8) is 0 Å². The molecular weight excluding hydrogens is 294 g/mol. The summed E-state index contributed by atoms with van der Waals surface area (Å²) in [6.45, 7) is 0.782. The van der Waals surface area contributed by atoms with Gasteiger partial charge in [0.05, 0.1) is 18.2 Å². The van der Waals surface area contributed by atoms with Crippen LogP contribution in [0.4, 0.5) is 0 Å². The Balaban J connectivity index is 1.89. The normalized spacial score (nSPS) is 20.6. The topological polar surface area (TPSA) is 44.5 Å². The first-order chi connectivity index (χ1) is 8.62. The van der Waals surface area contributed by atoms with E-state index in [4.69, 9.17) is 15.2 Å². The summed E-state index contributed by atoms with van der Waals surface area (Å²) in [6.07, 6.45) is 4.66. The Morgan fingerprint density at radius 3 is 2.67 bits per heavy atom. The van der Waals surface area contributed by atoms with E-state index in [2.05, 4.69) is 22.0 Å². The smallest absolute Gasteiger partial charge is 0.174 e. The van der Waals surface area contributed by atoms with Crippen LogP contribution in [-0.2, 0) is 5.54 Å². The number of nitrogens with two attached hydrogens (primary N) is 1. The van der Waals surface area contributed by atoms with Crippen LogP contribution in [0.25, 0.3) is 0 Å². The van der Waals surface area contributed by atoms with E-state index in [9.17, 15) is 0 Å². The molecule has 18 heavy (non-hydrogen) atoms. The number of methoxy groups -OCH3 is 1. The summed E-state index contributed by atoms with van der Waals surface area (Å²) in [7, 11) is 1.67. The summed E-state index contributed by atoms with van der Waals surface area (Å²) in [5, 5.41) is 0. The molecule has 0 amide bonds. The molecule has 0 aliphatic heterocycles. The largest absolute Gasteiger partial charge is 0.492 e. The maximum absolute atomic E-state index is 6.25. The van der Waals surface area contributed by atoms with Crippen LogP contribution in [0.1, 0.15) is 31.2 Å². The number of benzene rings is 1. The van der Waals surface area contributed by atoms with E-state index in [1.165, 1.54) is 12.8 Å². The van der Waals surface area contributed by atoms with Crippen molar-refractivity contribution < 1.29 is 9.47 Å². The highest BCUT2D eigenvalue weighted by atomic mass is 79.9. The highest BCUT2D eigenvalue weighted by molar-refractivity contribution is 9.10. The monoisotopic (exact) mass is 311 g/mol. The molecule has 0 heterocycles. The van der Waals surface area contributed by atoms with E-state index < -0.39 is 0 Å². The number of halogens is 1. The second kappa shape index (κ2) is 4.42. The molecule has 2 N–H and O–H groups in total. The van der Waals surface area contributed by atoms with Crippen LogP contribution in [0.5, 0.6) is 11.5 Å². The van der Waals surface area contributed by atoms with Gasteiger partial charge in [-0.25, -0.2) is 0 Å². The van der Waals surface area contributed by atoms with E-state index >= 15 is 0 Å². The minimum absolute atomic E-state index is 0.146. The molecule has 1 aromatic rings. The van der Waals surface area contributed by atoms with Crippen molar-refractivity contribution in [1.82, 2.24) is 0 Å². The molecule has 3 nitrogen and oxygen atoms in total. The van der Waals surface area contributed by atoms with Gasteiger partial charge in [0, 0.05) is 5.54 Å².